The van der Waals surface area contributed by atoms with Gasteiger partial charge < -0.3 is 16.8 Å². The summed E-state index contributed by atoms with van der Waals surface area (Å²) in [7, 11) is 0. The van der Waals surface area contributed by atoms with Crippen LogP contribution >= 0.6 is 0 Å². The lowest BCUT2D eigenvalue weighted by atomic mass is 10.0. The predicted octanol–water partition coefficient (Wildman–Crippen LogP) is 0.846. The molecule has 5 nitrogen and oxygen atoms in total. The highest BCUT2D eigenvalue weighted by atomic mass is 19.1. The van der Waals surface area contributed by atoms with Crippen molar-refractivity contribution in [1.29, 1.82) is 0 Å². The third kappa shape index (κ3) is 3.27. The molecule has 98 valence electrons. The van der Waals surface area contributed by atoms with Gasteiger partial charge in [-0.1, -0.05) is 13.8 Å². The molecule has 0 spiro atoms. The van der Waals surface area contributed by atoms with E-state index < -0.39 is 23.7 Å². The number of anilines is 1. The van der Waals surface area contributed by atoms with Crippen LogP contribution in [-0.2, 0) is 4.79 Å². The molecule has 5 N–H and O–H groups in total. The van der Waals surface area contributed by atoms with Crippen molar-refractivity contribution in [2.75, 3.05) is 5.32 Å². The Morgan fingerprint density at radius 3 is 2.44 bits per heavy atom. The lowest BCUT2D eigenvalue weighted by Gasteiger charge is -2.15. The first-order valence-electron chi connectivity index (χ1n) is 5.48. The highest BCUT2D eigenvalue weighted by Crippen LogP contribution is 2.16. The lowest BCUT2D eigenvalue weighted by Crippen LogP contribution is -2.40. The van der Waals surface area contributed by atoms with Gasteiger partial charge in [-0.25, -0.2) is 4.39 Å². The van der Waals surface area contributed by atoms with E-state index >= 15 is 0 Å². The summed E-state index contributed by atoms with van der Waals surface area (Å²) >= 11 is 0. The number of carbonyl (C=O) groups is 2. The van der Waals surface area contributed by atoms with E-state index in [0.29, 0.717) is 0 Å². The number of nitrogens with two attached hydrogens (primary N) is 2. The van der Waals surface area contributed by atoms with Crippen LogP contribution in [0.25, 0.3) is 0 Å². The highest BCUT2D eigenvalue weighted by Gasteiger charge is 2.19. The van der Waals surface area contributed by atoms with Crippen molar-refractivity contribution in [1.82, 2.24) is 0 Å². The zero-order valence-corrected chi connectivity index (χ0v) is 10.2. The van der Waals surface area contributed by atoms with Crippen molar-refractivity contribution in [2.24, 2.45) is 17.4 Å². The summed E-state index contributed by atoms with van der Waals surface area (Å²) in [5.74, 6) is -1.93. The van der Waals surface area contributed by atoms with Gasteiger partial charge in [-0.05, 0) is 24.1 Å². The average molecular weight is 253 g/mol. The van der Waals surface area contributed by atoms with Crippen molar-refractivity contribution in [3.05, 3.63) is 29.6 Å². The smallest absolute Gasteiger partial charge is 0.248 e. The normalized spacial score (nSPS) is 12.3. The summed E-state index contributed by atoms with van der Waals surface area (Å²) in [6, 6.07) is 2.75. The Bertz CT molecular complexity index is 474. The second-order valence-electron chi connectivity index (χ2n) is 4.32. The Balaban J connectivity index is 2.93. The van der Waals surface area contributed by atoms with Crippen LogP contribution in [0.2, 0.25) is 0 Å². The Hall–Kier alpha value is -1.95. The van der Waals surface area contributed by atoms with E-state index in [1.165, 1.54) is 12.1 Å². The molecule has 1 aromatic rings. The van der Waals surface area contributed by atoms with Crippen LogP contribution in [0, 0.1) is 11.7 Å². The number of halogens is 1. The molecule has 0 unspecified atom stereocenters. The maximum atomic E-state index is 13.5. The summed E-state index contributed by atoms with van der Waals surface area (Å²) in [5.41, 5.74) is 10.7. The zero-order chi connectivity index (χ0) is 13.9. The topological polar surface area (TPSA) is 98.2 Å². The van der Waals surface area contributed by atoms with Crippen molar-refractivity contribution in [2.45, 2.75) is 19.9 Å². The van der Waals surface area contributed by atoms with Crippen LogP contribution in [-0.4, -0.2) is 17.9 Å². The molecule has 0 saturated heterocycles. The molecule has 0 aliphatic carbocycles. The molecule has 0 fully saturated rings. The molecule has 0 aromatic heterocycles. The number of nitrogens with one attached hydrogen (secondary N) is 1. The van der Waals surface area contributed by atoms with Gasteiger partial charge in [0.1, 0.15) is 5.82 Å². The number of carbonyl (C=O) groups excluding carboxylic acids is 2. The van der Waals surface area contributed by atoms with Crippen LogP contribution in [0.1, 0.15) is 24.2 Å². The molecule has 1 aromatic carbocycles. The van der Waals surface area contributed by atoms with Gasteiger partial charge in [0.25, 0.3) is 0 Å². The SMILES string of the molecule is CC(C)[C@@H](N)C(=O)Nc1cc(C(N)=O)ccc1F. The monoisotopic (exact) mass is 253 g/mol. The minimum absolute atomic E-state index is 0.0765. The van der Waals surface area contributed by atoms with E-state index in [2.05, 4.69) is 5.32 Å². The Morgan fingerprint density at radius 1 is 1.33 bits per heavy atom. The first kappa shape index (κ1) is 14.1. The molecule has 0 saturated carbocycles. The highest BCUT2D eigenvalue weighted by molar-refractivity contribution is 5.98. The maximum absolute atomic E-state index is 13.5. The van der Waals surface area contributed by atoms with Gasteiger partial charge >= 0.3 is 0 Å². The van der Waals surface area contributed by atoms with Crippen molar-refractivity contribution in [3.8, 4) is 0 Å². The van der Waals surface area contributed by atoms with Gasteiger partial charge in [-0.3, -0.25) is 9.59 Å². The fraction of sp³-hybridized carbons (Fsp3) is 0.333. The first-order valence-corrected chi connectivity index (χ1v) is 5.48. The second kappa shape index (κ2) is 5.59. The average Bonchev–Trinajstić information content (AvgIpc) is 2.30. The van der Waals surface area contributed by atoms with E-state index in [-0.39, 0.29) is 17.2 Å². The molecule has 1 rings (SSSR count). The molecule has 18 heavy (non-hydrogen) atoms. The fourth-order valence-corrected chi connectivity index (χ4v) is 1.29. The minimum atomic E-state index is -0.748. The van der Waals surface area contributed by atoms with Crippen LogP contribution in [0.3, 0.4) is 0 Å². The number of hydrogen-bond donors (Lipinski definition) is 3. The Kier molecular flexibility index (Phi) is 4.38. The van der Waals surface area contributed by atoms with Gasteiger partial charge in [-0.2, -0.15) is 0 Å². The standard InChI is InChI=1S/C12H16FN3O2/c1-6(2)10(14)12(18)16-9-5-7(11(15)17)3-4-8(9)13/h3-6,10H,14H2,1-2H3,(H2,15,17)(H,16,18)/t10-/m1/s1. The first-order chi connectivity index (χ1) is 8.32. The third-order valence-corrected chi connectivity index (χ3v) is 2.53. The minimum Gasteiger partial charge on any atom is -0.366 e. The number of hydrogen-bond acceptors (Lipinski definition) is 3. The summed E-state index contributed by atoms with van der Waals surface area (Å²) in [6.45, 7) is 3.56. The van der Waals surface area contributed by atoms with E-state index in [0.717, 1.165) is 6.07 Å². The molecule has 0 aliphatic rings. The molecule has 0 radical (unpaired) electrons. The molecule has 0 heterocycles. The zero-order valence-electron chi connectivity index (χ0n) is 10.2. The molecular formula is C12H16FN3O2. The number of primary amides is 1. The van der Waals surface area contributed by atoms with Crippen molar-refractivity contribution >= 4 is 17.5 Å². The third-order valence-electron chi connectivity index (χ3n) is 2.53. The number of benzene rings is 1. The fourth-order valence-electron chi connectivity index (χ4n) is 1.29. The largest absolute Gasteiger partial charge is 0.366 e. The molecule has 2 amide bonds. The molecule has 0 aliphatic heterocycles. The summed E-state index contributed by atoms with van der Waals surface area (Å²) in [6.07, 6.45) is 0. The van der Waals surface area contributed by atoms with Crippen LogP contribution in [0.15, 0.2) is 18.2 Å². The molecule has 1 atom stereocenters. The van der Waals surface area contributed by atoms with Gasteiger partial charge in [0.15, 0.2) is 0 Å². The second-order valence-corrected chi connectivity index (χ2v) is 4.32. The quantitative estimate of drug-likeness (QED) is 0.741. The Labute approximate surface area is 104 Å². The van der Waals surface area contributed by atoms with Crippen LogP contribution < -0.4 is 16.8 Å². The van der Waals surface area contributed by atoms with E-state index in [1.54, 1.807) is 13.8 Å². The summed E-state index contributed by atoms with van der Waals surface area (Å²) in [5, 5.41) is 2.34. The van der Waals surface area contributed by atoms with Crippen molar-refractivity contribution < 1.29 is 14.0 Å². The summed E-state index contributed by atoms with van der Waals surface area (Å²) in [4.78, 5) is 22.6. The van der Waals surface area contributed by atoms with Crippen LogP contribution in [0.5, 0.6) is 0 Å². The van der Waals surface area contributed by atoms with Crippen molar-refractivity contribution in [3.63, 3.8) is 0 Å². The lowest BCUT2D eigenvalue weighted by molar-refractivity contribution is -0.118. The number of rotatable bonds is 4. The molecule has 0 bridgehead atoms. The predicted molar refractivity (Wildman–Crippen MR) is 66.4 cm³/mol. The van der Waals surface area contributed by atoms with Gasteiger partial charge in [0, 0.05) is 5.56 Å². The van der Waals surface area contributed by atoms with Gasteiger partial charge in [-0.15, -0.1) is 0 Å². The number of amides is 2. The van der Waals surface area contributed by atoms with Gasteiger partial charge in [0.05, 0.1) is 11.7 Å². The summed E-state index contributed by atoms with van der Waals surface area (Å²) < 4.78 is 13.5. The maximum Gasteiger partial charge on any atom is 0.248 e. The van der Waals surface area contributed by atoms with E-state index in [4.69, 9.17) is 11.5 Å². The molecule has 6 heteroatoms. The van der Waals surface area contributed by atoms with E-state index in [9.17, 15) is 14.0 Å². The Morgan fingerprint density at radius 2 is 1.94 bits per heavy atom. The van der Waals surface area contributed by atoms with E-state index in [1.807, 2.05) is 0 Å². The van der Waals surface area contributed by atoms with Crippen LogP contribution in [0.4, 0.5) is 10.1 Å². The molecular weight excluding hydrogens is 237 g/mol. The van der Waals surface area contributed by atoms with Gasteiger partial charge in [0.2, 0.25) is 11.8 Å².